The van der Waals surface area contributed by atoms with Gasteiger partial charge in [0.2, 0.25) is 0 Å². The van der Waals surface area contributed by atoms with Crippen molar-refractivity contribution in [3.8, 4) is 0 Å². The Hall–Kier alpha value is -0.810. The van der Waals surface area contributed by atoms with E-state index in [1.165, 1.54) is 0 Å². The Morgan fingerprint density at radius 2 is 2.28 bits per heavy atom. The van der Waals surface area contributed by atoms with E-state index in [9.17, 15) is 4.79 Å². The summed E-state index contributed by atoms with van der Waals surface area (Å²) in [4.78, 5) is 16.0. The maximum atomic E-state index is 12.1. The fourth-order valence-electron chi connectivity index (χ4n) is 2.47. The lowest BCUT2D eigenvalue weighted by atomic mass is 10.1. The zero-order chi connectivity index (χ0) is 13.0. The first-order valence-electron chi connectivity index (χ1n) is 7.02. The maximum Gasteiger partial charge on any atom is 0.320 e. The molecule has 2 saturated heterocycles. The van der Waals surface area contributed by atoms with E-state index in [1.807, 2.05) is 9.80 Å². The molecular weight excluding hydrogens is 230 g/mol. The largest absolute Gasteiger partial charge is 0.380 e. The topological polar surface area (TPSA) is 44.8 Å². The molecule has 0 spiro atoms. The number of hydrogen-bond acceptors (Lipinski definition) is 3. The first kappa shape index (κ1) is 13.6. The van der Waals surface area contributed by atoms with E-state index in [0.29, 0.717) is 18.6 Å². The number of carbonyl (C=O) groups excluding carboxylic acids is 1. The molecule has 5 heteroatoms. The minimum Gasteiger partial charge on any atom is -0.380 e. The highest BCUT2D eigenvalue weighted by atomic mass is 16.5. The summed E-state index contributed by atoms with van der Waals surface area (Å²) in [5, 5.41) is 3.33. The van der Waals surface area contributed by atoms with Crippen molar-refractivity contribution in [1.29, 1.82) is 0 Å². The van der Waals surface area contributed by atoms with E-state index in [0.717, 1.165) is 45.8 Å². The molecule has 0 aromatic rings. The summed E-state index contributed by atoms with van der Waals surface area (Å²) in [6, 6.07) is 0.552. The summed E-state index contributed by atoms with van der Waals surface area (Å²) >= 11 is 0. The molecule has 2 fully saturated rings. The summed E-state index contributed by atoms with van der Waals surface area (Å²) in [7, 11) is 0. The quantitative estimate of drug-likeness (QED) is 0.713. The van der Waals surface area contributed by atoms with Crippen molar-refractivity contribution in [3.63, 3.8) is 0 Å². The van der Waals surface area contributed by atoms with E-state index in [4.69, 9.17) is 4.74 Å². The van der Waals surface area contributed by atoms with Crippen molar-refractivity contribution in [2.24, 2.45) is 5.92 Å². The predicted molar refractivity (Wildman–Crippen MR) is 70.6 cm³/mol. The van der Waals surface area contributed by atoms with Crippen LogP contribution in [0.3, 0.4) is 0 Å². The van der Waals surface area contributed by atoms with E-state index < -0.39 is 0 Å². The standard InChI is InChI=1S/C13H25N3O2/c1-11(2)3-7-18-8-6-15-10-12-9-14-4-5-16(12)13(15)17/h11-12,14H,3-10H2,1-2H3. The molecule has 2 aliphatic rings. The van der Waals surface area contributed by atoms with Crippen LogP contribution in [0, 0.1) is 5.92 Å². The lowest BCUT2D eigenvalue weighted by Gasteiger charge is -2.28. The second-order valence-corrected chi connectivity index (χ2v) is 5.57. The molecule has 0 radical (unpaired) electrons. The number of rotatable bonds is 6. The molecule has 0 aromatic heterocycles. The molecular formula is C13H25N3O2. The average Bonchev–Trinajstić information content (AvgIpc) is 2.66. The molecule has 5 nitrogen and oxygen atoms in total. The molecule has 0 aliphatic carbocycles. The summed E-state index contributed by atoms with van der Waals surface area (Å²) in [6.45, 7) is 10.1. The summed E-state index contributed by atoms with van der Waals surface area (Å²) in [6.07, 6.45) is 1.09. The van der Waals surface area contributed by atoms with Crippen molar-refractivity contribution in [2.75, 3.05) is 45.9 Å². The van der Waals surface area contributed by atoms with E-state index in [2.05, 4.69) is 19.2 Å². The smallest absolute Gasteiger partial charge is 0.320 e. The van der Waals surface area contributed by atoms with Crippen LogP contribution in [0.5, 0.6) is 0 Å². The number of carbonyl (C=O) groups is 1. The zero-order valence-corrected chi connectivity index (χ0v) is 11.5. The van der Waals surface area contributed by atoms with Crippen LogP contribution in [0.15, 0.2) is 0 Å². The van der Waals surface area contributed by atoms with Gasteiger partial charge >= 0.3 is 6.03 Å². The average molecular weight is 255 g/mol. The summed E-state index contributed by atoms with van der Waals surface area (Å²) < 4.78 is 5.58. The van der Waals surface area contributed by atoms with Gasteiger partial charge in [0.15, 0.2) is 0 Å². The van der Waals surface area contributed by atoms with Gasteiger partial charge in [0.05, 0.1) is 12.6 Å². The summed E-state index contributed by atoms with van der Waals surface area (Å²) in [5.74, 6) is 0.679. The summed E-state index contributed by atoms with van der Waals surface area (Å²) in [5.41, 5.74) is 0. The van der Waals surface area contributed by atoms with Gasteiger partial charge in [-0.3, -0.25) is 0 Å². The molecule has 0 bridgehead atoms. The van der Waals surface area contributed by atoms with Crippen LogP contribution < -0.4 is 5.32 Å². The van der Waals surface area contributed by atoms with Crippen molar-refractivity contribution in [3.05, 3.63) is 0 Å². The van der Waals surface area contributed by atoms with E-state index >= 15 is 0 Å². The number of urea groups is 1. The van der Waals surface area contributed by atoms with Gasteiger partial charge in [0.25, 0.3) is 0 Å². The van der Waals surface area contributed by atoms with Gasteiger partial charge in [-0.2, -0.15) is 0 Å². The molecule has 104 valence electrons. The molecule has 0 aromatic carbocycles. The monoisotopic (exact) mass is 255 g/mol. The van der Waals surface area contributed by atoms with E-state index in [-0.39, 0.29) is 6.03 Å². The van der Waals surface area contributed by atoms with Gasteiger partial charge in [-0.25, -0.2) is 4.79 Å². The molecule has 1 unspecified atom stereocenters. The van der Waals surface area contributed by atoms with Crippen LogP contribution in [-0.2, 0) is 4.74 Å². The third kappa shape index (κ3) is 3.36. The third-order valence-electron chi connectivity index (χ3n) is 3.64. The Labute approximate surface area is 109 Å². The Morgan fingerprint density at radius 1 is 1.44 bits per heavy atom. The molecule has 2 aliphatic heterocycles. The highest BCUT2D eigenvalue weighted by molar-refractivity contribution is 5.77. The van der Waals surface area contributed by atoms with Gasteiger partial charge < -0.3 is 19.9 Å². The van der Waals surface area contributed by atoms with E-state index in [1.54, 1.807) is 0 Å². The highest BCUT2D eigenvalue weighted by Crippen LogP contribution is 2.16. The molecule has 1 atom stereocenters. The van der Waals surface area contributed by atoms with Gasteiger partial charge in [-0.15, -0.1) is 0 Å². The minimum atomic E-state index is 0.189. The van der Waals surface area contributed by atoms with Crippen molar-refractivity contribution in [2.45, 2.75) is 26.3 Å². The van der Waals surface area contributed by atoms with Crippen LogP contribution in [0.2, 0.25) is 0 Å². The van der Waals surface area contributed by atoms with Gasteiger partial charge in [-0.1, -0.05) is 13.8 Å². The minimum absolute atomic E-state index is 0.189. The molecule has 1 N–H and O–H groups in total. The third-order valence-corrected chi connectivity index (χ3v) is 3.64. The SMILES string of the molecule is CC(C)CCOCCN1CC2CNCCN2C1=O. The number of piperazine rings is 1. The number of ether oxygens (including phenoxy) is 1. The fourth-order valence-corrected chi connectivity index (χ4v) is 2.47. The van der Waals surface area contributed by atoms with Crippen molar-refractivity contribution < 1.29 is 9.53 Å². The second kappa shape index (κ2) is 6.38. The van der Waals surface area contributed by atoms with Crippen LogP contribution in [0.1, 0.15) is 20.3 Å². The first-order chi connectivity index (χ1) is 8.68. The highest BCUT2D eigenvalue weighted by Gasteiger charge is 2.37. The van der Waals surface area contributed by atoms with Crippen LogP contribution in [0.4, 0.5) is 4.79 Å². The fraction of sp³-hybridized carbons (Fsp3) is 0.923. The van der Waals surface area contributed by atoms with Gasteiger partial charge in [0.1, 0.15) is 0 Å². The predicted octanol–water partition coefficient (Wildman–Crippen LogP) is 0.759. The molecule has 0 saturated carbocycles. The lowest BCUT2D eigenvalue weighted by molar-refractivity contribution is 0.106. The molecule has 18 heavy (non-hydrogen) atoms. The zero-order valence-electron chi connectivity index (χ0n) is 11.5. The second-order valence-electron chi connectivity index (χ2n) is 5.57. The first-order valence-corrected chi connectivity index (χ1v) is 7.02. The number of hydrogen-bond donors (Lipinski definition) is 1. The van der Waals surface area contributed by atoms with Crippen LogP contribution in [-0.4, -0.2) is 67.8 Å². The number of amides is 2. The molecule has 2 amide bonds. The number of fused-ring (bicyclic) bond motifs is 1. The number of nitrogens with zero attached hydrogens (tertiary/aromatic N) is 2. The number of nitrogens with one attached hydrogen (secondary N) is 1. The van der Waals surface area contributed by atoms with Crippen molar-refractivity contribution in [1.82, 2.24) is 15.1 Å². The van der Waals surface area contributed by atoms with Crippen molar-refractivity contribution >= 4 is 6.03 Å². The Bertz CT molecular complexity index is 283. The molecule has 2 rings (SSSR count). The van der Waals surface area contributed by atoms with Gasteiger partial charge in [0, 0.05) is 39.3 Å². The normalized spacial score (nSPS) is 23.9. The van der Waals surface area contributed by atoms with Gasteiger partial charge in [-0.05, 0) is 12.3 Å². The lowest BCUT2D eigenvalue weighted by Crippen LogP contribution is -2.49. The Kier molecular flexibility index (Phi) is 4.83. The molecule has 2 heterocycles. The maximum absolute atomic E-state index is 12.1. The van der Waals surface area contributed by atoms with Crippen LogP contribution in [0.25, 0.3) is 0 Å². The Morgan fingerprint density at radius 3 is 3.00 bits per heavy atom. The van der Waals surface area contributed by atoms with Crippen LogP contribution >= 0.6 is 0 Å². The Balaban J connectivity index is 1.66.